The van der Waals surface area contributed by atoms with Crippen molar-refractivity contribution in [2.24, 2.45) is 10.9 Å². The zero-order chi connectivity index (χ0) is 19.0. The van der Waals surface area contributed by atoms with Crippen LogP contribution in [0.15, 0.2) is 29.3 Å². The molecular formula is C18H24ClN3O3S. The van der Waals surface area contributed by atoms with Crippen LogP contribution in [0.1, 0.15) is 24.5 Å². The molecule has 3 rings (SSSR count). The van der Waals surface area contributed by atoms with Gasteiger partial charge in [0.25, 0.3) is 0 Å². The van der Waals surface area contributed by atoms with Crippen LogP contribution in [0.25, 0.3) is 0 Å². The fourth-order valence-electron chi connectivity index (χ4n) is 3.07. The first-order chi connectivity index (χ1) is 12.3. The van der Waals surface area contributed by atoms with E-state index in [0.29, 0.717) is 23.0 Å². The topological polar surface area (TPSA) is 88.3 Å². The summed E-state index contributed by atoms with van der Waals surface area (Å²) in [6, 6.07) is 7.16. The monoisotopic (exact) mass is 397 g/mol. The molecule has 26 heavy (non-hydrogen) atoms. The average molecular weight is 398 g/mol. The van der Waals surface area contributed by atoms with Gasteiger partial charge in [-0.3, -0.25) is 0 Å². The third kappa shape index (κ3) is 4.03. The Labute approximate surface area is 160 Å². The number of aliphatic hydroxyl groups excluding tert-OH is 2. The summed E-state index contributed by atoms with van der Waals surface area (Å²) in [5.74, 6) is 0.635. The second-order valence-corrected chi connectivity index (χ2v) is 8.46. The van der Waals surface area contributed by atoms with Gasteiger partial charge in [-0.25, -0.2) is 9.71 Å². The molecule has 0 radical (unpaired) electrons. The molecule has 1 aliphatic rings. The van der Waals surface area contributed by atoms with Gasteiger partial charge in [0.05, 0.1) is 23.4 Å². The Bertz CT molecular complexity index is 860. The summed E-state index contributed by atoms with van der Waals surface area (Å²) in [4.78, 5) is 6.40. The van der Waals surface area contributed by atoms with E-state index in [-0.39, 0.29) is 18.6 Å². The standard InChI is InChI=1S/C18H24ClN3O3S/c1-10-4-5-14(13(19)6-10)20-17-15(7-11(2)18(24)22(17)3)21-26(25)16-8-12(16)9-23/h4-6,8,11,15,18,21,23-25H,7,9H2,1-3H3. The number of amidine groups is 1. The Morgan fingerprint density at radius 2 is 2.12 bits per heavy atom. The molecule has 0 aromatic heterocycles. The highest BCUT2D eigenvalue weighted by Gasteiger charge is 2.35. The van der Waals surface area contributed by atoms with Crippen molar-refractivity contribution in [3.05, 3.63) is 44.9 Å². The number of aliphatic imine (C=N–C) groups is 1. The van der Waals surface area contributed by atoms with Gasteiger partial charge in [-0.05, 0) is 42.7 Å². The number of aliphatic hydroxyl groups is 2. The van der Waals surface area contributed by atoms with Gasteiger partial charge in [0.1, 0.15) is 12.1 Å². The van der Waals surface area contributed by atoms with Gasteiger partial charge in [-0.2, -0.15) is 0 Å². The summed E-state index contributed by atoms with van der Waals surface area (Å²) in [6.45, 7) is 3.85. The summed E-state index contributed by atoms with van der Waals surface area (Å²) < 4.78 is 14.3. The number of likely N-dealkylation sites (tertiary alicyclic amines) is 1. The minimum atomic E-state index is -1.18. The van der Waals surface area contributed by atoms with Crippen molar-refractivity contribution < 1.29 is 14.8 Å². The number of piperidine rings is 1. The Balaban J connectivity index is 1.95. The molecule has 1 saturated heterocycles. The van der Waals surface area contributed by atoms with Gasteiger partial charge in [0.2, 0.25) is 0 Å². The van der Waals surface area contributed by atoms with Gasteiger partial charge in [-0.15, -0.1) is 0 Å². The lowest BCUT2D eigenvalue weighted by Crippen LogP contribution is -2.55. The maximum atomic E-state index is 10.4. The first-order valence-electron chi connectivity index (χ1n) is 8.45. The van der Waals surface area contributed by atoms with Crippen molar-refractivity contribution in [1.29, 1.82) is 0 Å². The molecule has 1 fully saturated rings. The summed E-state index contributed by atoms with van der Waals surface area (Å²) in [7, 11) is 0.610. The molecule has 142 valence electrons. The predicted octanol–water partition coefficient (Wildman–Crippen LogP) is 3.18. The van der Waals surface area contributed by atoms with Crippen LogP contribution in [0.4, 0.5) is 5.69 Å². The van der Waals surface area contributed by atoms with Crippen LogP contribution in [-0.2, 0) is 6.61 Å². The van der Waals surface area contributed by atoms with Gasteiger partial charge in [-0.1, -0.05) is 24.6 Å². The number of aryl methyl sites for hydroxylation is 1. The first kappa shape index (κ1) is 19.5. The Morgan fingerprint density at radius 3 is 2.73 bits per heavy atom. The maximum Gasteiger partial charge on any atom is 0.130 e. The molecule has 0 bridgehead atoms. The van der Waals surface area contributed by atoms with Crippen LogP contribution in [0.5, 0.6) is 0 Å². The lowest BCUT2D eigenvalue weighted by Gasteiger charge is -2.41. The van der Waals surface area contributed by atoms with Crippen molar-refractivity contribution in [2.45, 2.75) is 39.1 Å². The second kappa shape index (κ2) is 7.80. The minimum Gasteiger partial charge on any atom is -0.392 e. The van der Waals surface area contributed by atoms with Gasteiger partial charge >= 0.3 is 0 Å². The van der Waals surface area contributed by atoms with E-state index in [1.54, 1.807) is 18.0 Å². The van der Waals surface area contributed by atoms with E-state index in [9.17, 15) is 9.66 Å². The average Bonchev–Trinajstić information content (AvgIpc) is 3.38. The van der Waals surface area contributed by atoms with Crippen molar-refractivity contribution in [1.82, 2.24) is 9.62 Å². The number of hydrogen-bond acceptors (Lipinski definition) is 5. The molecule has 4 atom stereocenters. The van der Waals surface area contributed by atoms with E-state index in [2.05, 4.69) is 9.71 Å². The van der Waals surface area contributed by atoms with Crippen LogP contribution in [0, 0.1) is 17.4 Å². The molecule has 8 heteroatoms. The molecule has 0 aliphatic carbocycles. The van der Waals surface area contributed by atoms with E-state index in [4.69, 9.17) is 16.7 Å². The molecule has 4 unspecified atom stereocenters. The molecule has 1 heterocycles. The Kier molecular flexibility index (Phi) is 5.86. The molecule has 0 saturated carbocycles. The molecule has 6 nitrogen and oxygen atoms in total. The van der Waals surface area contributed by atoms with Gasteiger partial charge in [0.15, 0.2) is 0 Å². The minimum absolute atomic E-state index is 0.0106. The summed E-state index contributed by atoms with van der Waals surface area (Å²) in [5.41, 5.74) is 2.43. The smallest absolute Gasteiger partial charge is 0.130 e. The summed E-state index contributed by atoms with van der Waals surface area (Å²) >= 11 is 6.32. The third-order valence-corrected chi connectivity index (χ3v) is 6.30. The van der Waals surface area contributed by atoms with Crippen LogP contribution >= 0.6 is 22.6 Å². The quantitative estimate of drug-likeness (QED) is 0.595. The highest BCUT2D eigenvalue weighted by Crippen LogP contribution is 2.31. The number of hydrogen-bond donors (Lipinski definition) is 4. The molecule has 2 aromatic carbocycles. The van der Waals surface area contributed by atoms with Crippen LogP contribution in [0.3, 0.4) is 0 Å². The normalized spacial score (nSPS) is 27.3. The Hall–Kier alpha value is -1.22. The van der Waals surface area contributed by atoms with Crippen LogP contribution in [-0.4, -0.2) is 44.8 Å². The van der Waals surface area contributed by atoms with E-state index in [0.717, 1.165) is 15.6 Å². The van der Waals surface area contributed by atoms with Crippen molar-refractivity contribution in [3.63, 3.8) is 0 Å². The zero-order valence-electron chi connectivity index (χ0n) is 15.0. The molecule has 0 spiro atoms. The Morgan fingerprint density at radius 1 is 1.38 bits per heavy atom. The number of rotatable bonds is 4. The molecule has 1 aliphatic heterocycles. The highest BCUT2D eigenvalue weighted by atomic mass is 35.5. The molecular weight excluding hydrogens is 374 g/mol. The fraction of sp³-hybridized carbons (Fsp3) is 0.444. The summed E-state index contributed by atoms with van der Waals surface area (Å²) in [6.07, 6.45) is -0.0317. The lowest BCUT2D eigenvalue weighted by atomic mass is 9.94. The van der Waals surface area contributed by atoms with Crippen molar-refractivity contribution >= 4 is 34.1 Å². The van der Waals surface area contributed by atoms with E-state index < -0.39 is 17.2 Å². The van der Waals surface area contributed by atoms with Crippen LogP contribution < -0.4 is 4.72 Å². The summed E-state index contributed by atoms with van der Waals surface area (Å²) in [5, 5.41) is 20.1. The first-order valence-corrected chi connectivity index (χ1v) is 10.0. The van der Waals surface area contributed by atoms with E-state index in [1.807, 2.05) is 32.0 Å². The number of nitrogens with one attached hydrogen (secondary N) is 1. The SMILES string of the molecule is Cc1ccc(N=C2C(N/S(O)=c3\cc3CO)CC(C)C(O)N2C)c(Cl)c1. The van der Waals surface area contributed by atoms with E-state index >= 15 is 0 Å². The third-order valence-electron chi connectivity index (χ3n) is 4.70. The maximum absolute atomic E-state index is 10.4. The largest absolute Gasteiger partial charge is 0.392 e. The van der Waals surface area contributed by atoms with Gasteiger partial charge < -0.3 is 19.7 Å². The predicted molar refractivity (Wildman–Crippen MR) is 106 cm³/mol. The van der Waals surface area contributed by atoms with Crippen LogP contribution in [0.2, 0.25) is 5.02 Å². The molecule has 2 aromatic rings. The van der Waals surface area contributed by atoms with Crippen molar-refractivity contribution in [3.8, 4) is 0 Å². The number of benzene rings is 1. The number of nitrogens with zero attached hydrogens (tertiary/aromatic N) is 2. The second-order valence-electron chi connectivity index (χ2n) is 6.81. The van der Waals surface area contributed by atoms with Crippen molar-refractivity contribution in [2.75, 3.05) is 7.05 Å². The zero-order valence-corrected chi connectivity index (χ0v) is 16.6. The fourth-order valence-corrected chi connectivity index (χ4v) is 4.51. The van der Waals surface area contributed by atoms with Gasteiger partial charge in [0, 0.05) is 28.4 Å². The number of likely N-dealkylation sites (N-methyl/N-ethyl adjacent to an activating group) is 1. The molecule has 4 N–H and O–H groups in total. The molecule has 0 amide bonds. The lowest BCUT2D eigenvalue weighted by molar-refractivity contribution is 0.00170. The highest BCUT2D eigenvalue weighted by molar-refractivity contribution is 8.02. The number of halogens is 1. The van der Waals surface area contributed by atoms with E-state index in [1.165, 1.54) is 0 Å².